The van der Waals surface area contributed by atoms with Crippen molar-refractivity contribution in [3.05, 3.63) is 58.5 Å². The largest absolute Gasteiger partial charge is 0.493 e. The Kier molecular flexibility index (Phi) is 5.05. The van der Waals surface area contributed by atoms with E-state index in [1.807, 2.05) is 0 Å². The number of fused-ring (bicyclic) bond motifs is 2. The van der Waals surface area contributed by atoms with E-state index in [-0.39, 0.29) is 0 Å². The maximum Gasteiger partial charge on any atom is 0.417 e. The number of alkyl halides is 3. The monoisotopic (exact) mass is 439 g/mol. The van der Waals surface area contributed by atoms with Crippen LogP contribution in [0, 0.1) is 5.82 Å². The lowest BCUT2D eigenvalue weighted by atomic mass is 9.73. The molecule has 0 bridgehead atoms. The van der Waals surface area contributed by atoms with E-state index < -0.39 is 35.9 Å². The summed E-state index contributed by atoms with van der Waals surface area (Å²) < 4.78 is 62.8. The fourth-order valence-corrected chi connectivity index (χ4v) is 5.31. The van der Waals surface area contributed by atoms with E-state index >= 15 is 0 Å². The van der Waals surface area contributed by atoms with Crippen LogP contribution < -0.4 is 4.74 Å². The minimum atomic E-state index is -4.87. The van der Waals surface area contributed by atoms with E-state index in [1.165, 1.54) is 23.5 Å². The van der Waals surface area contributed by atoms with E-state index in [2.05, 4.69) is 4.98 Å². The summed E-state index contributed by atoms with van der Waals surface area (Å²) in [5, 5.41) is 11.6. The lowest BCUT2D eigenvalue weighted by Crippen LogP contribution is -2.50. The molecule has 0 amide bonds. The molecule has 1 atom stereocenters. The minimum absolute atomic E-state index is 0.346. The second-order valence-electron chi connectivity index (χ2n) is 8.43. The number of benzene rings is 1. The highest BCUT2D eigenvalue weighted by Gasteiger charge is 2.56. The van der Waals surface area contributed by atoms with Crippen LogP contribution in [0.3, 0.4) is 0 Å². The molecule has 1 unspecified atom stereocenters. The lowest BCUT2D eigenvalue weighted by Gasteiger charge is -2.38. The molecule has 8 heteroatoms. The molecule has 0 aliphatic carbocycles. The molecule has 1 aliphatic heterocycles. The number of halogens is 4. The third kappa shape index (κ3) is 3.78. The summed E-state index contributed by atoms with van der Waals surface area (Å²) in [5.41, 5.74) is -3.18. The molecule has 0 saturated heterocycles. The first kappa shape index (κ1) is 21.1. The summed E-state index contributed by atoms with van der Waals surface area (Å²) >= 11 is 1.20. The molecule has 1 aliphatic rings. The number of aromatic nitrogens is 1. The van der Waals surface area contributed by atoms with Gasteiger partial charge in [-0.25, -0.2) is 4.39 Å². The number of ether oxygens (including phenoxy) is 1. The Bertz CT molecular complexity index is 1060. The highest BCUT2D eigenvalue weighted by Crippen LogP contribution is 2.47. The van der Waals surface area contributed by atoms with Crippen molar-refractivity contribution in [2.45, 2.75) is 50.3 Å². The Labute approximate surface area is 175 Å². The molecule has 3 nitrogen and oxygen atoms in total. The van der Waals surface area contributed by atoms with Gasteiger partial charge in [0.25, 0.3) is 0 Å². The summed E-state index contributed by atoms with van der Waals surface area (Å²) in [4.78, 5) is 4.40. The molecular formula is C22H21F4NO2S. The molecule has 0 fully saturated rings. The third-order valence-corrected chi connectivity index (χ3v) is 6.69. The van der Waals surface area contributed by atoms with Gasteiger partial charge in [0.05, 0.1) is 6.61 Å². The second-order valence-corrected chi connectivity index (χ2v) is 9.60. The van der Waals surface area contributed by atoms with Gasteiger partial charge in [-0.2, -0.15) is 13.2 Å². The Morgan fingerprint density at radius 1 is 1.20 bits per heavy atom. The Morgan fingerprint density at radius 3 is 2.67 bits per heavy atom. The maximum atomic E-state index is 14.1. The van der Waals surface area contributed by atoms with Gasteiger partial charge in [-0.15, -0.1) is 11.3 Å². The maximum absolute atomic E-state index is 14.1. The van der Waals surface area contributed by atoms with Crippen LogP contribution in [0.15, 0.2) is 36.7 Å². The van der Waals surface area contributed by atoms with Gasteiger partial charge in [0.1, 0.15) is 11.6 Å². The van der Waals surface area contributed by atoms with Crippen molar-refractivity contribution < 1.29 is 27.4 Å². The van der Waals surface area contributed by atoms with Gasteiger partial charge in [-0.3, -0.25) is 4.98 Å². The molecule has 30 heavy (non-hydrogen) atoms. The molecule has 0 saturated carbocycles. The number of rotatable bonds is 5. The second kappa shape index (κ2) is 7.20. The van der Waals surface area contributed by atoms with Crippen LogP contribution in [-0.4, -0.2) is 28.5 Å². The van der Waals surface area contributed by atoms with Crippen LogP contribution >= 0.6 is 11.3 Å². The normalized spacial score (nSPS) is 16.4. The number of pyridine rings is 1. The van der Waals surface area contributed by atoms with Gasteiger partial charge in [0.2, 0.25) is 0 Å². The zero-order valence-corrected chi connectivity index (χ0v) is 17.3. The van der Waals surface area contributed by atoms with E-state index in [4.69, 9.17) is 4.74 Å². The Hall–Kier alpha value is -2.19. The van der Waals surface area contributed by atoms with Crippen molar-refractivity contribution in [2.75, 3.05) is 6.61 Å². The van der Waals surface area contributed by atoms with Gasteiger partial charge in [-0.05, 0) is 36.1 Å². The van der Waals surface area contributed by atoms with Crippen molar-refractivity contribution >= 4 is 21.4 Å². The predicted octanol–water partition coefficient (Wildman–Crippen LogP) is 5.57. The molecule has 4 rings (SSSR count). The fourth-order valence-electron chi connectivity index (χ4n) is 4.18. The van der Waals surface area contributed by atoms with Crippen LogP contribution in [0.25, 0.3) is 10.1 Å². The topological polar surface area (TPSA) is 42.4 Å². The van der Waals surface area contributed by atoms with Gasteiger partial charge in [0, 0.05) is 51.3 Å². The highest BCUT2D eigenvalue weighted by atomic mass is 32.1. The first-order chi connectivity index (χ1) is 14.0. The fraction of sp³-hybridized carbons (Fsp3) is 0.409. The van der Waals surface area contributed by atoms with Crippen LogP contribution in [0.1, 0.15) is 36.3 Å². The summed E-state index contributed by atoms with van der Waals surface area (Å²) in [6.45, 7) is 3.52. The standard InChI is InChI=1S/C22H21F4NO2S/c1-20(2,17-9-15(23)7-13-4-6-29-19(13)17)12-21(28,22(24,25)26)10-16-8-14-11-27-5-3-18(14)30-16/h3,5,7-9,11,28H,4,6,10,12H2,1-2H3. The number of hydrogen-bond acceptors (Lipinski definition) is 4. The summed E-state index contributed by atoms with van der Waals surface area (Å²) in [7, 11) is 0. The van der Waals surface area contributed by atoms with Crippen LogP contribution in [0.4, 0.5) is 17.6 Å². The van der Waals surface area contributed by atoms with Gasteiger partial charge >= 0.3 is 6.18 Å². The molecule has 0 spiro atoms. The Balaban J connectivity index is 1.71. The quantitative estimate of drug-likeness (QED) is 0.528. The summed E-state index contributed by atoms with van der Waals surface area (Å²) in [5.74, 6) is -0.0891. The Morgan fingerprint density at radius 2 is 1.97 bits per heavy atom. The molecule has 3 heterocycles. The minimum Gasteiger partial charge on any atom is -0.493 e. The third-order valence-electron chi connectivity index (χ3n) is 5.57. The molecular weight excluding hydrogens is 418 g/mol. The molecule has 0 radical (unpaired) electrons. The smallest absolute Gasteiger partial charge is 0.417 e. The zero-order chi connectivity index (χ0) is 21.7. The molecule has 160 valence electrons. The van der Waals surface area contributed by atoms with Crippen molar-refractivity contribution in [1.29, 1.82) is 0 Å². The van der Waals surface area contributed by atoms with E-state index in [0.717, 1.165) is 10.1 Å². The predicted molar refractivity (Wildman–Crippen MR) is 108 cm³/mol. The highest BCUT2D eigenvalue weighted by molar-refractivity contribution is 7.19. The number of thiophene rings is 1. The van der Waals surface area contributed by atoms with Gasteiger partial charge < -0.3 is 9.84 Å². The number of aliphatic hydroxyl groups is 1. The first-order valence-electron chi connectivity index (χ1n) is 9.56. The van der Waals surface area contributed by atoms with Gasteiger partial charge in [-0.1, -0.05) is 13.8 Å². The van der Waals surface area contributed by atoms with Crippen molar-refractivity contribution in [2.24, 2.45) is 0 Å². The van der Waals surface area contributed by atoms with Crippen LogP contribution in [0.5, 0.6) is 5.75 Å². The number of hydrogen-bond donors (Lipinski definition) is 1. The van der Waals surface area contributed by atoms with Gasteiger partial charge in [0.15, 0.2) is 5.60 Å². The number of nitrogens with zero attached hydrogens (tertiary/aromatic N) is 1. The SMILES string of the molecule is CC(C)(CC(O)(Cc1cc2cnccc2s1)C(F)(F)F)c1cc(F)cc2c1OCC2. The van der Waals surface area contributed by atoms with Crippen molar-refractivity contribution in [1.82, 2.24) is 4.98 Å². The summed E-state index contributed by atoms with van der Waals surface area (Å²) in [6, 6.07) is 5.92. The van der Waals surface area contributed by atoms with Crippen molar-refractivity contribution in [3.8, 4) is 5.75 Å². The first-order valence-corrected chi connectivity index (χ1v) is 10.4. The average molecular weight is 439 g/mol. The summed E-state index contributed by atoms with van der Waals surface area (Å²) in [6.07, 6.45) is -2.41. The molecule has 1 N–H and O–H groups in total. The molecule has 1 aromatic carbocycles. The van der Waals surface area contributed by atoms with E-state index in [0.29, 0.717) is 34.8 Å². The molecule has 2 aromatic heterocycles. The average Bonchev–Trinajstić information content (AvgIpc) is 3.24. The van der Waals surface area contributed by atoms with Crippen molar-refractivity contribution in [3.63, 3.8) is 0 Å². The van der Waals surface area contributed by atoms with E-state index in [9.17, 15) is 22.7 Å². The van der Waals surface area contributed by atoms with E-state index in [1.54, 1.807) is 38.4 Å². The van der Waals surface area contributed by atoms with Crippen LogP contribution in [0.2, 0.25) is 0 Å². The zero-order valence-electron chi connectivity index (χ0n) is 16.5. The molecule has 3 aromatic rings. The lowest BCUT2D eigenvalue weighted by molar-refractivity contribution is -0.266. The van der Waals surface area contributed by atoms with Crippen LogP contribution in [-0.2, 0) is 18.3 Å².